The lowest BCUT2D eigenvalue weighted by Crippen LogP contribution is -2.53. The first-order valence-electron chi connectivity index (χ1n) is 8.20. The zero-order chi connectivity index (χ0) is 17.5. The summed E-state index contributed by atoms with van der Waals surface area (Å²) in [5, 5.41) is 11.3. The summed E-state index contributed by atoms with van der Waals surface area (Å²) in [7, 11) is 0. The van der Waals surface area contributed by atoms with Gasteiger partial charge in [-0.2, -0.15) is 5.26 Å². The van der Waals surface area contributed by atoms with E-state index < -0.39 is 0 Å². The van der Waals surface area contributed by atoms with Crippen LogP contribution in [0.5, 0.6) is 0 Å². The lowest BCUT2D eigenvalue weighted by molar-refractivity contribution is 0.0103. The van der Waals surface area contributed by atoms with Crippen molar-refractivity contribution in [2.24, 2.45) is 0 Å². The van der Waals surface area contributed by atoms with Crippen LogP contribution in [0.2, 0.25) is 0 Å². The van der Waals surface area contributed by atoms with Crippen LogP contribution in [-0.4, -0.2) is 29.0 Å². The normalized spacial score (nSPS) is 18.7. The number of carbonyl (C=O) groups excluding carboxylic acids is 1. The molecule has 0 N–H and O–H groups in total. The van der Waals surface area contributed by atoms with Gasteiger partial charge in [-0.05, 0) is 44.5 Å². The molecular weight excluding hydrogens is 300 g/mol. The van der Waals surface area contributed by atoms with E-state index in [2.05, 4.69) is 6.07 Å². The van der Waals surface area contributed by atoms with Crippen molar-refractivity contribution in [1.82, 2.24) is 4.90 Å². The smallest absolute Gasteiger partial charge is 0.255 e. The second-order valence-corrected chi connectivity index (χ2v) is 7.32. The highest BCUT2D eigenvalue weighted by atomic mass is 16.5. The van der Waals surface area contributed by atoms with E-state index in [1.807, 2.05) is 62.9 Å². The summed E-state index contributed by atoms with van der Waals surface area (Å²) in [4.78, 5) is 15.4. The van der Waals surface area contributed by atoms with Gasteiger partial charge in [0.1, 0.15) is 0 Å². The minimum absolute atomic E-state index is 0.0263. The van der Waals surface area contributed by atoms with Crippen molar-refractivity contribution >= 4 is 16.7 Å². The average Bonchev–Trinajstić information content (AvgIpc) is 2.51. The van der Waals surface area contributed by atoms with E-state index in [1.165, 1.54) is 0 Å². The first-order valence-corrected chi connectivity index (χ1v) is 8.20. The van der Waals surface area contributed by atoms with Crippen LogP contribution in [0.4, 0.5) is 0 Å². The van der Waals surface area contributed by atoms with Gasteiger partial charge in [-0.15, -0.1) is 0 Å². The lowest BCUT2D eigenvalue weighted by Gasteiger charge is -2.42. The number of benzene rings is 2. The van der Waals surface area contributed by atoms with Gasteiger partial charge in [0.25, 0.3) is 5.91 Å². The number of hydrogen-bond donors (Lipinski definition) is 0. The van der Waals surface area contributed by atoms with Crippen molar-refractivity contribution in [2.45, 2.75) is 45.9 Å². The van der Waals surface area contributed by atoms with Crippen LogP contribution in [0, 0.1) is 11.3 Å². The Bertz CT molecular complexity index is 843. The Kier molecular flexibility index (Phi) is 4.06. The quantitative estimate of drug-likeness (QED) is 0.740. The zero-order valence-electron chi connectivity index (χ0n) is 14.6. The van der Waals surface area contributed by atoms with Gasteiger partial charge in [0.15, 0.2) is 0 Å². The predicted molar refractivity (Wildman–Crippen MR) is 93.7 cm³/mol. The van der Waals surface area contributed by atoms with Gasteiger partial charge in [0.2, 0.25) is 0 Å². The lowest BCUT2D eigenvalue weighted by atomic mass is 9.91. The van der Waals surface area contributed by atoms with E-state index in [1.54, 1.807) is 0 Å². The van der Waals surface area contributed by atoms with Crippen molar-refractivity contribution in [1.29, 1.82) is 5.26 Å². The molecule has 0 aromatic heterocycles. The number of nitriles is 1. The molecule has 0 unspecified atom stereocenters. The Balaban J connectivity index is 2.35. The predicted octanol–water partition coefficient (Wildman–Crippen LogP) is 3.87. The van der Waals surface area contributed by atoms with E-state index in [9.17, 15) is 10.1 Å². The maximum atomic E-state index is 13.5. The molecule has 0 aliphatic carbocycles. The molecule has 0 saturated carbocycles. The molecule has 1 atom stereocenters. The SMILES string of the molecule is C[C@@H]1COCc2c(C#N)cc3ccccc3c2C(=O)N1C(C)(C)C. The maximum Gasteiger partial charge on any atom is 0.255 e. The fraction of sp³-hybridized carbons (Fsp3) is 0.400. The molecule has 1 heterocycles. The molecule has 2 aromatic carbocycles. The van der Waals surface area contributed by atoms with Crippen LogP contribution in [0.25, 0.3) is 10.8 Å². The average molecular weight is 322 g/mol. The molecule has 4 nitrogen and oxygen atoms in total. The molecule has 2 aromatic rings. The van der Waals surface area contributed by atoms with Crippen LogP contribution < -0.4 is 0 Å². The van der Waals surface area contributed by atoms with E-state index in [0.717, 1.165) is 10.8 Å². The zero-order valence-corrected chi connectivity index (χ0v) is 14.6. The molecule has 1 aliphatic heterocycles. The molecule has 0 spiro atoms. The molecule has 0 radical (unpaired) electrons. The number of rotatable bonds is 0. The molecule has 1 aliphatic rings. The van der Waals surface area contributed by atoms with Crippen LogP contribution in [-0.2, 0) is 11.3 Å². The number of nitrogens with zero attached hydrogens (tertiary/aromatic N) is 2. The Hall–Kier alpha value is -2.38. The molecule has 0 saturated heterocycles. The number of hydrogen-bond acceptors (Lipinski definition) is 3. The number of fused-ring (bicyclic) bond motifs is 3. The highest BCUT2D eigenvalue weighted by molar-refractivity contribution is 6.09. The summed E-state index contributed by atoms with van der Waals surface area (Å²) in [5.74, 6) is -0.0263. The van der Waals surface area contributed by atoms with Crippen molar-refractivity contribution in [3.63, 3.8) is 0 Å². The van der Waals surface area contributed by atoms with E-state index in [4.69, 9.17) is 4.74 Å². The molecule has 124 valence electrons. The van der Waals surface area contributed by atoms with Crippen LogP contribution >= 0.6 is 0 Å². The van der Waals surface area contributed by atoms with Crippen molar-refractivity contribution in [3.05, 3.63) is 47.0 Å². The van der Waals surface area contributed by atoms with Crippen LogP contribution in [0.3, 0.4) is 0 Å². The summed E-state index contributed by atoms with van der Waals surface area (Å²) in [5.41, 5.74) is 1.48. The van der Waals surface area contributed by atoms with Gasteiger partial charge >= 0.3 is 0 Å². The minimum atomic E-state index is -0.335. The first-order chi connectivity index (χ1) is 11.3. The van der Waals surface area contributed by atoms with E-state index in [-0.39, 0.29) is 24.1 Å². The fourth-order valence-corrected chi connectivity index (χ4v) is 3.58. The molecular formula is C20H22N2O2. The maximum absolute atomic E-state index is 13.5. The largest absolute Gasteiger partial charge is 0.375 e. The van der Waals surface area contributed by atoms with Gasteiger partial charge in [-0.3, -0.25) is 4.79 Å². The van der Waals surface area contributed by atoms with Crippen molar-refractivity contribution in [3.8, 4) is 6.07 Å². The Labute approximate surface area is 142 Å². The molecule has 0 fully saturated rings. The highest BCUT2D eigenvalue weighted by Gasteiger charge is 2.35. The fourth-order valence-electron chi connectivity index (χ4n) is 3.58. The Morgan fingerprint density at radius 2 is 2.00 bits per heavy atom. The van der Waals surface area contributed by atoms with E-state index in [0.29, 0.717) is 23.3 Å². The third kappa shape index (κ3) is 2.65. The highest BCUT2D eigenvalue weighted by Crippen LogP contribution is 2.32. The monoisotopic (exact) mass is 322 g/mol. The molecule has 3 rings (SSSR count). The summed E-state index contributed by atoms with van der Waals surface area (Å²) in [6, 6.07) is 11.8. The molecule has 0 bridgehead atoms. The summed E-state index contributed by atoms with van der Waals surface area (Å²) < 4.78 is 5.83. The second kappa shape index (κ2) is 5.92. The van der Waals surface area contributed by atoms with Crippen LogP contribution in [0.15, 0.2) is 30.3 Å². The summed E-state index contributed by atoms with van der Waals surface area (Å²) in [6.45, 7) is 8.83. The minimum Gasteiger partial charge on any atom is -0.375 e. The van der Waals surface area contributed by atoms with Gasteiger partial charge in [-0.25, -0.2) is 0 Å². The Morgan fingerprint density at radius 1 is 1.29 bits per heavy atom. The number of ether oxygens (including phenoxy) is 1. The molecule has 24 heavy (non-hydrogen) atoms. The van der Waals surface area contributed by atoms with Crippen molar-refractivity contribution < 1.29 is 9.53 Å². The van der Waals surface area contributed by atoms with Crippen molar-refractivity contribution in [2.75, 3.05) is 6.61 Å². The summed E-state index contributed by atoms with van der Waals surface area (Å²) in [6.07, 6.45) is 0. The standard InChI is InChI=1S/C20H22N2O2/c1-13-11-24-12-17-15(10-21)9-14-7-5-6-8-16(14)18(17)19(23)22(13)20(2,3)4/h5-9,13H,11-12H2,1-4H3/t13-/m1/s1. The van der Waals surface area contributed by atoms with Crippen LogP contribution in [0.1, 0.15) is 49.2 Å². The molecule has 4 heteroatoms. The van der Waals surface area contributed by atoms with Gasteiger partial charge in [-0.1, -0.05) is 24.3 Å². The second-order valence-electron chi connectivity index (χ2n) is 7.32. The van der Waals surface area contributed by atoms with Gasteiger partial charge in [0.05, 0.1) is 36.5 Å². The topological polar surface area (TPSA) is 53.3 Å². The summed E-state index contributed by atoms with van der Waals surface area (Å²) >= 11 is 0. The third-order valence-electron chi connectivity index (χ3n) is 4.48. The number of carbonyl (C=O) groups is 1. The van der Waals surface area contributed by atoms with Gasteiger partial charge < -0.3 is 9.64 Å². The Morgan fingerprint density at radius 3 is 2.67 bits per heavy atom. The third-order valence-corrected chi connectivity index (χ3v) is 4.48. The molecule has 1 amide bonds. The number of amides is 1. The first kappa shape index (κ1) is 16.5. The van der Waals surface area contributed by atoms with E-state index >= 15 is 0 Å². The van der Waals surface area contributed by atoms with Gasteiger partial charge in [0, 0.05) is 11.1 Å².